The van der Waals surface area contributed by atoms with Crippen molar-refractivity contribution in [1.29, 1.82) is 0 Å². The molecule has 1 aromatic heterocycles. The summed E-state index contributed by atoms with van der Waals surface area (Å²) < 4.78 is 11.5. The molecule has 1 aliphatic heterocycles. The fourth-order valence-corrected chi connectivity index (χ4v) is 2.36. The second kappa shape index (κ2) is 7.00. The van der Waals surface area contributed by atoms with Crippen molar-refractivity contribution in [3.8, 4) is 11.5 Å². The number of fused-ring (bicyclic) bond motifs is 1. The van der Waals surface area contributed by atoms with E-state index in [1.54, 1.807) is 24.3 Å². The standard InChI is InChI=1S/C17H19N3O3/c1-20(17(21)19-10-13-5-4-8-18-9-13)11-14-12-22-15-6-2-3-7-16(15)23-14/h2-9,14H,10-12H2,1H3,(H,19,21). The number of benzene rings is 1. The zero-order valence-electron chi connectivity index (χ0n) is 12.9. The maximum atomic E-state index is 12.1. The van der Waals surface area contributed by atoms with E-state index in [2.05, 4.69) is 10.3 Å². The molecule has 0 radical (unpaired) electrons. The second-order valence-corrected chi connectivity index (χ2v) is 5.40. The lowest BCUT2D eigenvalue weighted by atomic mass is 10.2. The molecular weight excluding hydrogens is 294 g/mol. The van der Waals surface area contributed by atoms with Crippen LogP contribution in [-0.2, 0) is 6.54 Å². The Morgan fingerprint density at radius 3 is 2.91 bits per heavy atom. The smallest absolute Gasteiger partial charge is 0.317 e. The van der Waals surface area contributed by atoms with Gasteiger partial charge in [0.05, 0.1) is 6.54 Å². The number of hydrogen-bond donors (Lipinski definition) is 1. The van der Waals surface area contributed by atoms with Gasteiger partial charge >= 0.3 is 6.03 Å². The van der Waals surface area contributed by atoms with Crippen LogP contribution in [0.3, 0.4) is 0 Å². The lowest BCUT2D eigenvalue weighted by Gasteiger charge is -2.29. The summed E-state index contributed by atoms with van der Waals surface area (Å²) in [5.74, 6) is 1.46. The molecule has 1 unspecified atom stereocenters. The second-order valence-electron chi connectivity index (χ2n) is 5.40. The van der Waals surface area contributed by atoms with Crippen LogP contribution in [0.1, 0.15) is 5.56 Å². The van der Waals surface area contributed by atoms with Crippen LogP contribution in [0.4, 0.5) is 4.79 Å². The molecule has 6 heteroatoms. The van der Waals surface area contributed by atoms with Crippen molar-refractivity contribution in [2.75, 3.05) is 20.2 Å². The molecule has 2 amide bonds. The average molecular weight is 313 g/mol. The molecule has 0 saturated heterocycles. The van der Waals surface area contributed by atoms with Crippen LogP contribution in [0.5, 0.6) is 11.5 Å². The summed E-state index contributed by atoms with van der Waals surface area (Å²) in [6.07, 6.45) is 3.25. The van der Waals surface area contributed by atoms with Gasteiger partial charge < -0.3 is 19.7 Å². The molecule has 0 fully saturated rings. The SMILES string of the molecule is CN(CC1COc2ccccc2O1)C(=O)NCc1cccnc1. The van der Waals surface area contributed by atoms with Crippen LogP contribution < -0.4 is 14.8 Å². The number of likely N-dealkylation sites (N-methyl/N-ethyl adjacent to an activating group) is 1. The third-order valence-corrected chi connectivity index (χ3v) is 3.56. The lowest BCUT2D eigenvalue weighted by molar-refractivity contribution is 0.0715. The van der Waals surface area contributed by atoms with Crippen molar-refractivity contribution in [3.63, 3.8) is 0 Å². The number of amides is 2. The van der Waals surface area contributed by atoms with Gasteiger partial charge in [0.15, 0.2) is 17.6 Å². The molecule has 3 rings (SSSR count). The number of para-hydroxylation sites is 2. The summed E-state index contributed by atoms with van der Waals surface area (Å²) in [5, 5.41) is 2.86. The number of nitrogens with one attached hydrogen (secondary N) is 1. The molecule has 2 aromatic rings. The molecule has 1 atom stereocenters. The molecule has 120 valence electrons. The first-order chi connectivity index (χ1) is 11.2. The molecule has 0 aliphatic carbocycles. The Kier molecular flexibility index (Phi) is 4.61. The first-order valence-corrected chi connectivity index (χ1v) is 7.49. The van der Waals surface area contributed by atoms with Crippen LogP contribution in [0, 0.1) is 0 Å². The highest BCUT2D eigenvalue weighted by Crippen LogP contribution is 2.30. The van der Waals surface area contributed by atoms with Gasteiger partial charge in [0.1, 0.15) is 6.61 Å². The van der Waals surface area contributed by atoms with E-state index in [9.17, 15) is 4.79 Å². The Hall–Kier alpha value is -2.76. The van der Waals surface area contributed by atoms with E-state index in [1.807, 2.05) is 36.4 Å². The van der Waals surface area contributed by atoms with Crippen LogP contribution in [-0.4, -0.2) is 42.2 Å². The topological polar surface area (TPSA) is 63.7 Å². The number of hydrogen-bond acceptors (Lipinski definition) is 4. The number of pyridine rings is 1. The van der Waals surface area contributed by atoms with Crippen molar-refractivity contribution in [2.45, 2.75) is 12.6 Å². The zero-order chi connectivity index (χ0) is 16.1. The van der Waals surface area contributed by atoms with Gasteiger partial charge in [-0.1, -0.05) is 18.2 Å². The van der Waals surface area contributed by atoms with Crippen molar-refractivity contribution in [3.05, 3.63) is 54.4 Å². The van der Waals surface area contributed by atoms with E-state index >= 15 is 0 Å². The minimum Gasteiger partial charge on any atom is -0.486 e. The number of urea groups is 1. The molecule has 6 nitrogen and oxygen atoms in total. The minimum atomic E-state index is -0.181. The number of aromatic nitrogens is 1. The van der Waals surface area contributed by atoms with E-state index < -0.39 is 0 Å². The predicted molar refractivity (Wildman–Crippen MR) is 85.5 cm³/mol. The molecule has 0 saturated carbocycles. The predicted octanol–water partition coefficient (Wildman–Crippen LogP) is 2.06. The summed E-state index contributed by atoms with van der Waals surface area (Å²) in [6, 6.07) is 11.1. The van der Waals surface area contributed by atoms with Crippen LogP contribution in [0.15, 0.2) is 48.8 Å². The number of carbonyl (C=O) groups excluding carboxylic acids is 1. The van der Waals surface area contributed by atoms with E-state index in [4.69, 9.17) is 9.47 Å². The third kappa shape index (κ3) is 3.91. The van der Waals surface area contributed by atoms with Gasteiger partial charge in [-0.3, -0.25) is 4.98 Å². The van der Waals surface area contributed by atoms with Crippen molar-refractivity contribution in [2.24, 2.45) is 0 Å². The largest absolute Gasteiger partial charge is 0.486 e. The number of carbonyl (C=O) groups is 1. The normalized spacial score (nSPS) is 15.8. The van der Waals surface area contributed by atoms with Gasteiger partial charge in [0.25, 0.3) is 0 Å². The van der Waals surface area contributed by atoms with Gasteiger partial charge in [-0.25, -0.2) is 4.79 Å². The zero-order valence-corrected chi connectivity index (χ0v) is 12.9. The maximum absolute atomic E-state index is 12.1. The fraction of sp³-hybridized carbons (Fsp3) is 0.294. The average Bonchev–Trinajstić information content (AvgIpc) is 2.60. The summed E-state index contributed by atoms with van der Waals surface area (Å²) in [7, 11) is 1.74. The third-order valence-electron chi connectivity index (χ3n) is 3.56. The summed E-state index contributed by atoms with van der Waals surface area (Å²) in [5.41, 5.74) is 0.959. The number of ether oxygens (including phenoxy) is 2. The van der Waals surface area contributed by atoms with Gasteiger partial charge in [0, 0.05) is 26.0 Å². The molecule has 1 aliphatic rings. The Morgan fingerprint density at radius 1 is 1.30 bits per heavy atom. The van der Waals surface area contributed by atoms with Crippen molar-refractivity contribution >= 4 is 6.03 Å². The van der Waals surface area contributed by atoms with E-state index in [0.29, 0.717) is 25.4 Å². The Balaban J connectivity index is 1.49. The van der Waals surface area contributed by atoms with E-state index in [1.165, 1.54) is 0 Å². The fourth-order valence-electron chi connectivity index (χ4n) is 2.36. The molecule has 0 bridgehead atoms. The van der Waals surface area contributed by atoms with Crippen LogP contribution in [0.2, 0.25) is 0 Å². The monoisotopic (exact) mass is 313 g/mol. The first kappa shape index (κ1) is 15.1. The van der Waals surface area contributed by atoms with E-state index in [-0.39, 0.29) is 12.1 Å². The van der Waals surface area contributed by atoms with Gasteiger partial charge in [-0.2, -0.15) is 0 Å². The van der Waals surface area contributed by atoms with Crippen molar-refractivity contribution < 1.29 is 14.3 Å². The molecule has 0 spiro atoms. The highest BCUT2D eigenvalue weighted by atomic mass is 16.6. The Morgan fingerprint density at radius 2 is 2.13 bits per heavy atom. The lowest BCUT2D eigenvalue weighted by Crippen LogP contribution is -2.45. The van der Waals surface area contributed by atoms with Crippen molar-refractivity contribution in [1.82, 2.24) is 15.2 Å². The Bertz CT molecular complexity index is 663. The van der Waals surface area contributed by atoms with Gasteiger partial charge in [-0.05, 0) is 23.8 Å². The summed E-state index contributed by atoms with van der Waals surface area (Å²) in [4.78, 5) is 17.8. The van der Waals surface area contributed by atoms with E-state index in [0.717, 1.165) is 11.3 Å². The minimum absolute atomic E-state index is 0.156. The molecule has 2 heterocycles. The quantitative estimate of drug-likeness (QED) is 0.938. The molecule has 1 N–H and O–H groups in total. The molecule has 1 aromatic carbocycles. The maximum Gasteiger partial charge on any atom is 0.317 e. The molecule has 23 heavy (non-hydrogen) atoms. The summed E-state index contributed by atoms with van der Waals surface area (Å²) in [6.45, 7) is 1.33. The van der Waals surface area contributed by atoms with Crippen LogP contribution >= 0.6 is 0 Å². The highest BCUT2D eigenvalue weighted by molar-refractivity contribution is 5.73. The highest BCUT2D eigenvalue weighted by Gasteiger charge is 2.23. The molecular formula is C17H19N3O3. The first-order valence-electron chi connectivity index (χ1n) is 7.49. The van der Waals surface area contributed by atoms with Gasteiger partial charge in [-0.15, -0.1) is 0 Å². The summed E-state index contributed by atoms with van der Waals surface area (Å²) >= 11 is 0. The Labute approximate surface area is 135 Å². The van der Waals surface area contributed by atoms with Gasteiger partial charge in [0.2, 0.25) is 0 Å². The number of nitrogens with zero attached hydrogens (tertiary/aromatic N) is 2. The number of rotatable bonds is 4. The van der Waals surface area contributed by atoms with Crippen LogP contribution in [0.25, 0.3) is 0 Å².